The van der Waals surface area contributed by atoms with E-state index >= 15 is 0 Å². The van der Waals surface area contributed by atoms with E-state index in [9.17, 15) is 0 Å². The molecule has 0 bridgehead atoms. The van der Waals surface area contributed by atoms with Gasteiger partial charge in [-0.15, -0.1) is 5.98 Å². The van der Waals surface area contributed by atoms with Crippen LogP contribution in [0.4, 0.5) is 0 Å². The van der Waals surface area contributed by atoms with Crippen LogP contribution in [0.5, 0.6) is 0 Å². The summed E-state index contributed by atoms with van der Waals surface area (Å²) in [4.78, 5) is 0. The van der Waals surface area contributed by atoms with E-state index in [2.05, 4.69) is 34.0 Å². The molecule has 1 radical (unpaired) electrons. The van der Waals surface area contributed by atoms with Gasteiger partial charge in [0.15, 0.2) is 0 Å². The monoisotopic (exact) mass is 245 g/mol. The maximum Gasteiger partial charge on any atom is 0.145 e. The molecule has 0 aromatic rings. The Hall–Kier alpha value is -0.195. The summed E-state index contributed by atoms with van der Waals surface area (Å²) in [6.45, 7) is 7.48. The van der Waals surface area contributed by atoms with E-state index in [1.165, 1.54) is 51.3 Å². The zero-order chi connectivity index (χ0) is 13.0. The normalized spacial score (nSPS) is 37.6. The molecule has 1 fully saturated rings. The molecule has 4 unspecified atom stereocenters. The summed E-state index contributed by atoms with van der Waals surface area (Å²) in [5.74, 6) is 6.11. The van der Waals surface area contributed by atoms with Gasteiger partial charge < -0.3 is 0 Å². The smallest absolute Gasteiger partial charge is 0.124 e. The minimum absolute atomic E-state index is 0.921. The van der Waals surface area contributed by atoms with Crippen molar-refractivity contribution in [1.29, 1.82) is 0 Å². The van der Waals surface area contributed by atoms with Crippen molar-refractivity contribution in [1.82, 2.24) is 0 Å². The van der Waals surface area contributed by atoms with Crippen LogP contribution >= 0.6 is 0 Å². The molecule has 1 aliphatic carbocycles. The molecular formula is C17H30B. The molecule has 1 aliphatic heterocycles. The van der Waals surface area contributed by atoms with Crippen LogP contribution in [0.3, 0.4) is 0 Å². The Bertz CT molecular complexity index is 281. The number of rotatable bonds is 3. The molecule has 2 rings (SSSR count). The fourth-order valence-electron chi connectivity index (χ4n) is 3.84. The van der Waals surface area contributed by atoms with Crippen LogP contribution in [0, 0.1) is 23.7 Å². The predicted molar refractivity (Wildman–Crippen MR) is 81.9 cm³/mol. The molecular weight excluding hydrogens is 215 g/mol. The topological polar surface area (TPSA) is 0 Å². The van der Waals surface area contributed by atoms with Gasteiger partial charge in [-0.05, 0) is 42.9 Å². The van der Waals surface area contributed by atoms with Crippen molar-refractivity contribution in [3.8, 4) is 0 Å². The summed E-state index contributed by atoms with van der Waals surface area (Å²) in [6.07, 6.45) is 11.4. The number of hydrogen-bond acceptors (Lipinski definition) is 0. The first-order valence-electron chi connectivity index (χ1n) is 8.18. The van der Waals surface area contributed by atoms with Gasteiger partial charge in [0.1, 0.15) is 7.28 Å². The largest absolute Gasteiger partial charge is 0.145 e. The van der Waals surface area contributed by atoms with E-state index < -0.39 is 0 Å². The summed E-state index contributed by atoms with van der Waals surface area (Å²) in [5.41, 5.74) is 1.70. The van der Waals surface area contributed by atoms with Crippen LogP contribution in [0.1, 0.15) is 65.7 Å². The van der Waals surface area contributed by atoms with E-state index in [1.807, 2.05) is 0 Å². The van der Waals surface area contributed by atoms with Crippen molar-refractivity contribution >= 4 is 7.28 Å². The standard InChI is InChI=1S/C17H30B/c1-13-6-4-5-7-17(15(3)14(2)10-13)9-8-16-11-18-12-16/h11,13-15,17H,4-10,12H2,1-3H3. The van der Waals surface area contributed by atoms with Crippen molar-refractivity contribution in [3.63, 3.8) is 0 Å². The highest BCUT2D eigenvalue weighted by molar-refractivity contribution is 6.47. The summed E-state index contributed by atoms with van der Waals surface area (Å²) in [5, 5.41) is 0. The lowest BCUT2D eigenvalue weighted by Crippen LogP contribution is -2.20. The number of allylic oxidation sites excluding steroid dienone is 1. The van der Waals surface area contributed by atoms with Crippen molar-refractivity contribution < 1.29 is 0 Å². The Morgan fingerprint density at radius 1 is 1.17 bits per heavy atom. The van der Waals surface area contributed by atoms with Gasteiger partial charge in [0.25, 0.3) is 0 Å². The van der Waals surface area contributed by atoms with Crippen molar-refractivity contribution in [2.24, 2.45) is 23.7 Å². The predicted octanol–water partition coefficient (Wildman–Crippen LogP) is 5.28. The average Bonchev–Trinajstić information content (AvgIpc) is 2.32. The van der Waals surface area contributed by atoms with E-state index in [-0.39, 0.29) is 0 Å². The molecule has 4 atom stereocenters. The molecule has 101 valence electrons. The first kappa shape index (κ1) is 14.2. The molecule has 2 aliphatic rings. The quantitative estimate of drug-likeness (QED) is 0.594. The minimum atomic E-state index is 0.921. The Labute approximate surface area is 115 Å². The Morgan fingerprint density at radius 2 is 1.89 bits per heavy atom. The summed E-state index contributed by atoms with van der Waals surface area (Å²) < 4.78 is 0. The van der Waals surface area contributed by atoms with Gasteiger partial charge in [-0.1, -0.05) is 58.3 Å². The molecule has 1 heteroatoms. The Balaban J connectivity index is 1.88. The lowest BCUT2D eigenvalue weighted by atomic mass is 9.59. The van der Waals surface area contributed by atoms with Crippen LogP contribution in [0.15, 0.2) is 11.5 Å². The SMILES string of the molecule is CC1CCCCC(CCC2=C[B]C2)C(C)C(C)C1. The van der Waals surface area contributed by atoms with Crippen molar-refractivity contribution in [2.75, 3.05) is 0 Å². The van der Waals surface area contributed by atoms with E-state index in [1.54, 1.807) is 5.57 Å². The second-order valence-corrected chi connectivity index (χ2v) is 7.03. The first-order valence-corrected chi connectivity index (χ1v) is 8.18. The van der Waals surface area contributed by atoms with Gasteiger partial charge in [0, 0.05) is 0 Å². The van der Waals surface area contributed by atoms with E-state index in [4.69, 9.17) is 0 Å². The average molecular weight is 245 g/mol. The Kier molecular flexibility index (Phi) is 5.39. The second kappa shape index (κ2) is 6.82. The molecule has 1 saturated carbocycles. The van der Waals surface area contributed by atoms with Gasteiger partial charge in [-0.3, -0.25) is 0 Å². The molecule has 18 heavy (non-hydrogen) atoms. The molecule has 0 saturated heterocycles. The second-order valence-electron chi connectivity index (χ2n) is 7.03. The van der Waals surface area contributed by atoms with Crippen molar-refractivity contribution in [2.45, 2.75) is 72.0 Å². The lowest BCUT2D eigenvalue weighted by Gasteiger charge is -2.30. The van der Waals surface area contributed by atoms with Crippen LogP contribution in [0.2, 0.25) is 6.32 Å². The molecule has 0 nitrogen and oxygen atoms in total. The maximum atomic E-state index is 2.52. The zero-order valence-corrected chi connectivity index (χ0v) is 12.6. The molecule has 0 aromatic heterocycles. The zero-order valence-electron chi connectivity index (χ0n) is 12.6. The summed E-state index contributed by atoms with van der Waals surface area (Å²) in [7, 11) is 2.30. The van der Waals surface area contributed by atoms with Crippen LogP contribution < -0.4 is 0 Å². The van der Waals surface area contributed by atoms with E-state index in [0.29, 0.717) is 0 Å². The van der Waals surface area contributed by atoms with E-state index in [0.717, 1.165) is 23.7 Å². The fraction of sp³-hybridized carbons (Fsp3) is 0.882. The highest BCUT2D eigenvalue weighted by atomic mass is 14.3. The lowest BCUT2D eigenvalue weighted by molar-refractivity contribution is 0.216. The minimum Gasteiger partial charge on any atom is -0.124 e. The van der Waals surface area contributed by atoms with Crippen LogP contribution in [0.25, 0.3) is 0 Å². The third kappa shape index (κ3) is 3.90. The molecule has 0 aromatic carbocycles. The van der Waals surface area contributed by atoms with Gasteiger partial charge in [0.05, 0.1) is 0 Å². The highest BCUT2D eigenvalue weighted by Gasteiger charge is 2.25. The van der Waals surface area contributed by atoms with Crippen LogP contribution in [-0.4, -0.2) is 7.28 Å². The Morgan fingerprint density at radius 3 is 2.56 bits per heavy atom. The summed E-state index contributed by atoms with van der Waals surface area (Å²) >= 11 is 0. The van der Waals surface area contributed by atoms with Gasteiger partial charge >= 0.3 is 0 Å². The molecule has 1 heterocycles. The molecule has 0 spiro atoms. The summed E-state index contributed by atoms with van der Waals surface area (Å²) in [6, 6.07) is 0. The fourth-order valence-corrected chi connectivity index (χ4v) is 3.84. The van der Waals surface area contributed by atoms with Gasteiger partial charge in [-0.2, -0.15) is 0 Å². The highest BCUT2D eigenvalue weighted by Crippen LogP contribution is 2.36. The van der Waals surface area contributed by atoms with Crippen LogP contribution in [-0.2, 0) is 0 Å². The van der Waals surface area contributed by atoms with Gasteiger partial charge in [0.2, 0.25) is 0 Å². The van der Waals surface area contributed by atoms with Gasteiger partial charge in [-0.25, -0.2) is 0 Å². The molecule has 0 amide bonds. The first-order chi connectivity index (χ1) is 8.66. The third-order valence-electron chi connectivity index (χ3n) is 5.51. The number of hydrogen-bond donors (Lipinski definition) is 0. The maximum absolute atomic E-state index is 2.52. The third-order valence-corrected chi connectivity index (χ3v) is 5.51. The van der Waals surface area contributed by atoms with Crippen molar-refractivity contribution in [3.05, 3.63) is 11.5 Å². The molecule has 0 N–H and O–H groups in total.